The van der Waals surface area contributed by atoms with Gasteiger partial charge in [0.15, 0.2) is 11.9 Å². The van der Waals surface area contributed by atoms with Crippen LogP contribution in [0, 0.1) is 0 Å². The zero-order valence-corrected chi connectivity index (χ0v) is 17.0. The number of fused-ring (bicyclic) bond motifs is 2. The highest BCUT2D eigenvalue weighted by Gasteiger charge is 2.27. The lowest BCUT2D eigenvalue weighted by atomic mass is 10.0. The Kier molecular flexibility index (Phi) is 4.84. The molecule has 7 heteroatoms. The van der Waals surface area contributed by atoms with E-state index in [1.54, 1.807) is 25.1 Å². The molecule has 4 rings (SSSR count). The number of hydrogen-bond donors (Lipinski definition) is 1. The molecule has 0 bridgehead atoms. The molecule has 2 unspecified atom stereocenters. The first kappa shape index (κ1) is 19.1. The fourth-order valence-corrected chi connectivity index (χ4v) is 3.64. The number of anilines is 1. The molecule has 1 aliphatic heterocycles. The van der Waals surface area contributed by atoms with Crippen LogP contribution in [0.4, 0.5) is 5.69 Å². The lowest BCUT2D eigenvalue weighted by Crippen LogP contribution is -2.34. The highest BCUT2D eigenvalue weighted by atomic mass is 16.5. The molecular formula is C22H24N4O3. The number of ether oxygens (including phenoxy) is 1. The third kappa shape index (κ3) is 3.49. The molecule has 29 heavy (non-hydrogen) atoms. The number of nitrogens with zero attached hydrogens (tertiary/aromatic N) is 3. The number of Topliss-reactive ketones (excluding diaryl/α,β-unsaturated/α-hetero) is 1. The zero-order chi connectivity index (χ0) is 20.7. The number of amides is 1. The van der Waals surface area contributed by atoms with Crippen LogP contribution >= 0.6 is 0 Å². The summed E-state index contributed by atoms with van der Waals surface area (Å²) in [5.74, 6) is 1.14. The molecule has 1 aromatic heterocycles. The van der Waals surface area contributed by atoms with Crippen molar-refractivity contribution in [1.29, 1.82) is 0 Å². The van der Waals surface area contributed by atoms with Gasteiger partial charge in [-0.15, -0.1) is 0 Å². The van der Waals surface area contributed by atoms with Gasteiger partial charge in [-0.2, -0.15) is 0 Å². The number of ketones is 1. The van der Waals surface area contributed by atoms with Crippen LogP contribution in [0.15, 0.2) is 42.5 Å². The molecule has 2 aromatic carbocycles. The largest absolute Gasteiger partial charge is 0.479 e. The Morgan fingerprint density at radius 1 is 1.28 bits per heavy atom. The summed E-state index contributed by atoms with van der Waals surface area (Å²) < 4.78 is 7.58. The Bertz CT molecular complexity index is 1100. The van der Waals surface area contributed by atoms with Crippen molar-refractivity contribution in [2.24, 2.45) is 0 Å². The van der Waals surface area contributed by atoms with Gasteiger partial charge in [0.05, 0.1) is 29.3 Å². The second-order valence-corrected chi connectivity index (χ2v) is 7.63. The summed E-state index contributed by atoms with van der Waals surface area (Å²) in [6.45, 7) is 4.19. The molecule has 0 saturated heterocycles. The zero-order valence-electron chi connectivity index (χ0n) is 17.0. The van der Waals surface area contributed by atoms with Crippen molar-refractivity contribution in [2.75, 3.05) is 19.4 Å². The maximum absolute atomic E-state index is 13.3. The SMILES string of the molecule is CC1Oc2ccc(C(=O)C(C)n3c(CN(C)C)nc4ccccc43)cc2NC1=O. The van der Waals surface area contributed by atoms with Crippen molar-refractivity contribution >= 4 is 28.4 Å². The van der Waals surface area contributed by atoms with Crippen LogP contribution in [0.25, 0.3) is 11.0 Å². The number of aromatic nitrogens is 2. The second kappa shape index (κ2) is 7.33. The minimum absolute atomic E-state index is 0.0520. The fraction of sp³-hybridized carbons (Fsp3) is 0.318. The molecule has 2 atom stereocenters. The minimum Gasteiger partial charge on any atom is -0.479 e. The molecule has 1 N–H and O–H groups in total. The molecule has 0 aliphatic carbocycles. The van der Waals surface area contributed by atoms with Gasteiger partial charge in [-0.25, -0.2) is 4.98 Å². The van der Waals surface area contributed by atoms with Gasteiger partial charge >= 0.3 is 0 Å². The highest BCUT2D eigenvalue weighted by Crippen LogP contribution is 2.32. The Labute approximate surface area is 169 Å². The first-order valence-corrected chi connectivity index (χ1v) is 9.61. The number of hydrogen-bond acceptors (Lipinski definition) is 5. The molecule has 1 aliphatic rings. The van der Waals surface area contributed by atoms with Crippen LogP contribution in [0.5, 0.6) is 5.75 Å². The van der Waals surface area contributed by atoms with Gasteiger partial charge in [0.25, 0.3) is 5.91 Å². The van der Waals surface area contributed by atoms with E-state index in [9.17, 15) is 9.59 Å². The van der Waals surface area contributed by atoms with Crippen LogP contribution in [-0.2, 0) is 11.3 Å². The standard InChI is InChI=1S/C22H24N4O3/c1-13(26-18-8-6-5-7-16(18)23-20(26)12-25(3)4)21(27)15-9-10-19-17(11-15)24-22(28)14(2)29-19/h5-11,13-14H,12H2,1-4H3,(H,24,28). The molecule has 0 fully saturated rings. The molecule has 2 heterocycles. The summed E-state index contributed by atoms with van der Waals surface area (Å²) in [6.07, 6.45) is -0.547. The van der Waals surface area contributed by atoms with Gasteiger partial charge in [-0.1, -0.05) is 12.1 Å². The molecule has 0 saturated carbocycles. The van der Waals surface area contributed by atoms with Crippen LogP contribution in [0.1, 0.15) is 36.1 Å². The molecule has 7 nitrogen and oxygen atoms in total. The Morgan fingerprint density at radius 2 is 2.03 bits per heavy atom. The van der Waals surface area contributed by atoms with E-state index < -0.39 is 12.1 Å². The summed E-state index contributed by atoms with van der Waals surface area (Å²) in [5, 5.41) is 2.80. The first-order chi connectivity index (χ1) is 13.8. The molecule has 1 amide bonds. The predicted octanol–water partition coefficient (Wildman–Crippen LogP) is 3.26. The third-order valence-corrected chi connectivity index (χ3v) is 5.09. The Morgan fingerprint density at radius 3 is 2.79 bits per heavy atom. The molecule has 0 spiro atoms. The number of carbonyl (C=O) groups is 2. The molecule has 3 aromatic rings. The monoisotopic (exact) mass is 392 g/mol. The number of carbonyl (C=O) groups excluding carboxylic acids is 2. The van der Waals surface area contributed by atoms with Crippen LogP contribution < -0.4 is 10.1 Å². The van der Waals surface area contributed by atoms with Crippen molar-refractivity contribution in [3.05, 3.63) is 53.9 Å². The molecule has 0 radical (unpaired) electrons. The second-order valence-electron chi connectivity index (χ2n) is 7.63. The average Bonchev–Trinajstić information content (AvgIpc) is 3.04. The predicted molar refractivity (Wildman–Crippen MR) is 111 cm³/mol. The van der Waals surface area contributed by atoms with E-state index in [4.69, 9.17) is 9.72 Å². The van der Waals surface area contributed by atoms with Crippen molar-refractivity contribution in [3.8, 4) is 5.75 Å². The molecule has 150 valence electrons. The maximum atomic E-state index is 13.3. The number of benzene rings is 2. The highest BCUT2D eigenvalue weighted by molar-refractivity contribution is 6.03. The first-order valence-electron chi connectivity index (χ1n) is 9.61. The normalized spacial score (nSPS) is 17.0. The molecular weight excluding hydrogens is 368 g/mol. The summed E-state index contributed by atoms with van der Waals surface area (Å²) in [6, 6.07) is 12.5. The number of nitrogens with one attached hydrogen (secondary N) is 1. The van der Waals surface area contributed by atoms with Crippen molar-refractivity contribution < 1.29 is 14.3 Å². The van der Waals surface area contributed by atoms with Gasteiger partial charge in [-0.05, 0) is 58.3 Å². The average molecular weight is 392 g/mol. The lowest BCUT2D eigenvalue weighted by molar-refractivity contribution is -0.122. The van der Waals surface area contributed by atoms with Crippen molar-refractivity contribution in [3.63, 3.8) is 0 Å². The lowest BCUT2D eigenvalue weighted by Gasteiger charge is -2.24. The van der Waals surface area contributed by atoms with E-state index in [-0.39, 0.29) is 11.7 Å². The van der Waals surface area contributed by atoms with E-state index in [0.717, 1.165) is 16.9 Å². The van der Waals surface area contributed by atoms with E-state index in [1.165, 1.54) is 0 Å². The van der Waals surface area contributed by atoms with Gasteiger partial charge in [0.1, 0.15) is 11.6 Å². The Balaban J connectivity index is 1.72. The number of imidazole rings is 1. The van der Waals surface area contributed by atoms with Crippen LogP contribution in [-0.4, -0.2) is 46.3 Å². The summed E-state index contributed by atoms with van der Waals surface area (Å²) in [5.41, 5.74) is 2.83. The summed E-state index contributed by atoms with van der Waals surface area (Å²) in [7, 11) is 3.95. The van der Waals surface area contributed by atoms with Gasteiger partial charge < -0.3 is 19.5 Å². The summed E-state index contributed by atoms with van der Waals surface area (Å²) >= 11 is 0. The number of para-hydroxylation sites is 2. The van der Waals surface area contributed by atoms with Gasteiger partial charge in [0.2, 0.25) is 0 Å². The van der Waals surface area contributed by atoms with E-state index in [2.05, 4.69) is 5.32 Å². The third-order valence-electron chi connectivity index (χ3n) is 5.09. The maximum Gasteiger partial charge on any atom is 0.265 e. The van der Waals surface area contributed by atoms with Gasteiger partial charge in [-0.3, -0.25) is 9.59 Å². The minimum atomic E-state index is -0.547. The van der Waals surface area contributed by atoms with E-state index >= 15 is 0 Å². The quantitative estimate of drug-likeness (QED) is 0.675. The number of rotatable bonds is 5. The smallest absolute Gasteiger partial charge is 0.265 e. The van der Waals surface area contributed by atoms with Crippen LogP contribution in [0.3, 0.4) is 0 Å². The van der Waals surface area contributed by atoms with Gasteiger partial charge in [0, 0.05) is 5.56 Å². The van der Waals surface area contributed by atoms with E-state index in [1.807, 2.05) is 54.8 Å². The Hall–Kier alpha value is -3.19. The fourth-order valence-electron chi connectivity index (χ4n) is 3.64. The van der Waals surface area contributed by atoms with Crippen molar-refractivity contribution in [2.45, 2.75) is 32.5 Å². The summed E-state index contributed by atoms with van der Waals surface area (Å²) in [4.78, 5) is 32.0. The van der Waals surface area contributed by atoms with Crippen molar-refractivity contribution in [1.82, 2.24) is 14.5 Å². The topological polar surface area (TPSA) is 76.5 Å². The van der Waals surface area contributed by atoms with Crippen LogP contribution in [0.2, 0.25) is 0 Å². The van der Waals surface area contributed by atoms with E-state index in [0.29, 0.717) is 23.5 Å².